The Morgan fingerprint density at radius 1 is 1.00 bits per heavy atom. The minimum atomic E-state index is -0.332. The van der Waals surface area contributed by atoms with Crippen molar-refractivity contribution in [2.45, 2.75) is 38.3 Å². The summed E-state index contributed by atoms with van der Waals surface area (Å²) in [5.41, 5.74) is 1.70. The van der Waals surface area contributed by atoms with E-state index in [0.29, 0.717) is 44.3 Å². The molecule has 1 heterocycles. The summed E-state index contributed by atoms with van der Waals surface area (Å²) in [4.78, 5) is 32.1. The van der Waals surface area contributed by atoms with Crippen molar-refractivity contribution in [1.82, 2.24) is 14.7 Å². The first-order valence-electron chi connectivity index (χ1n) is 11.9. The Hall–Kier alpha value is -2.93. The van der Waals surface area contributed by atoms with Crippen molar-refractivity contribution in [3.8, 4) is 0 Å². The molecule has 4 rings (SSSR count). The molecule has 33 heavy (non-hydrogen) atoms. The lowest BCUT2D eigenvalue weighted by Gasteiger charge is -2.42. The fourth-order valence-electron chi connectivity index (χ4n) is 5.03. The molecule has 0 radical (unpaired) electrons. The Bertz CT molecular complexity index is 923. The summed E-state index contributed by atoms with van der Waals surface area (Å²) in [5.74, 6) is 0.215. The number of likely N-dealkylation sites (N-methyl/N-ethyl adjacent to an activating group) is 1. The van der Waals surface area contributed by atoms with Crippen LogP contribution in [0.1, 0.15) is 31.2 Å². The van der Waals surface area contributed by atoms with E-state index in [4.69, 9.17) is 0 Å². The van der Waals surface area contributed by atoms with Crippen LogP contribution in [-0.4, -0.2) is 65.9 Å². The van der Waals surface area contributed by atoms with E-state index in [0.717, 1.165) is 18.4 Å². The van der Waals surface area contributed by atoms with Gasteiger partial charge in [-0.05, 0) is 48.6 Å². The average molecular weight is 453 g/mol. The van der Waals surface area contributed by atoms with E-state index in [2.05, 4.69) is 10.2 Å². The van der Waals surface area contributed by atoms with E-state index in [1.165, 1.54) is 25.0 Å². The molecule has 1 N–H and O–H groups in total. The molecule has 1 atom stereocenters. The Morgan fingerprint density at radius 2 is 1.64 bits per heavy atom. The number of amides is 3. The first-order chi connectivity index (χ1) is 16.0. The lowest BCUT2D eigenvalue weighted by molar-refractivity contribution is -0.139. The largest absolute Gasteiger partial charge is 0.340 e. The Kier molecular flexibility index (Phi) is 7.60. The van der Waals surface area contributed by atoms with Gasteiger partial charge in [0.25, 0.3) is 0 Å². The van der Waals surface area contributed by atoms with E-state index >= 15 is 0 Å². The monoisotopic (exact) mass is 452 g/mol. The third-order valence-electron chi connectivity index (χ3n) is 6.83. The second kappa shape index (κ2) is 10.8. The highest BCUT2D eigenvalue weighted by Crippen LogP contribution is 2.32. The van der Waals surface area contributed by atoms with Crippen LogP contribution in [-0.2, 0) is 11.3 Å². The summed E-state index contributed by atoms with van der Waals surface area (Å²) in [6, 6.07) is 15.5. The molecule has 2 fully saturated rings. The number of anilines is 1. The normalized spacial score (nSPS) is 18.2. The number of halogens is 1. The molecule has 7 heteroatoms. The summed E-state index contributed by atoms with van der Waals surface area (Å²) >= 11 is 0. The highest BCUT2D eigenvalue weighted by atomic mass is 19.1. The number of nitrogens with one attached hydrogen (secondary N) is 1. The summed E-state index contributed by atoms with van der Waals surface area (Å²) in [6.07, 6.45) is 4.52. The minimum Gasteiger partial charge on any atom is -0.340 e. The molecule has 176 valence electrons. The number of benzene rings is 2. The molecule has 0 spiro atoms. The molecule has 2 aromatic carbocycles. The zero-order valence-corrected chi connectivity index (χ0v) is 19.3. The molecule has 1 aliphatic carbocycles. The molecule has 0 aromatic heterocycles. The van der Waals surface area contributed by atoms with Crippen LogP contribution in [0.5, 0.6) is 0 Å². The van der Waals surface area contributed by atoms with Gasteiger partial charge >= 0.3 is 6.03 Å². The summed E-state index contributed by atoms with van der Waals surface area (Å²) in [5, 5.41) is 2.83. The molecule has 1 saturated carbocycles. The van der Waals surface area contributed by atoms with Crippen LogP contribution in [0.2, 0.25) is 0 Å². The first kappa shape index (κ1) is 23.2. The van der Waals surface area contributed by atoms with Gasteiger partial charge in [0, 0.05) is 45.5 Å². The molecule has 1 aliphatic heterocycles. The minimum absolute atomic E-state index is 0.136. The van der Waals surface area contributed by atoms with Crippen molar-refractivity contribution < 1.29 is 14.0 Å². The number of carbonyl (C=O) groups excluding carboxylic acids is 2. The van der Waals surface area contributed by atoms with Gasteiger partial charge in [0.15, 0.2) is 0 Å². The SMILES string of the molecule is CN(Cc1ccccc1)C(=O)C(C1CCCC1)N1CCN(C(=O)Nc2ccc(F)cc2)CC1. The highest BCUT2D eigenvalue weighted by molar-refractivity contribution is 5.89. The number of hydrogen-bond acceptors (Lipinski definition) is 3. The van der Waals surface area contributed by atoms with E-state index in [-0.39, 0.29) is 23.8 Å². The third-order valence-corrected chi connectivity index (χ3v) is 6.83. The number of hydrogen-bond donors (Lipinski definition) is 1. The summed E-state index contributed by atoms with van der Waals surface area (Å²) in [7, 11) is 1.89. The van der Waals surface area contributed by atoms with Gasteiger partial charge in [-0.2, -0.15) is 0 Å². The van der Waals surface area contributed by atoms with Crippen LogP contribution in [0.15, 0.2) is 54.6 Å². The molecule has 1 saturated heterocycles. The number of piperazine rings is 1. The van der Waals surface area contributed by atoms with Crippen LogP contribution in [0.25, 0.3) is 0 Å². The van der Waals surface area contributed by atoms with Crippen LogP contribution < -0.4 is 5.32 Å². The van der Waals surface area contributed by atoms with E-state index < -0.39 is 0 Å². The number of carbonyl (C=O) groups is 2. The molecule has 3 amide bonds. The van der Waals surface area contributed by atoms with Crippen LogP contribution in [0.3, 0.4) is 0 Å². The maximum atomic E-state index is 13.6. The summed E-state index contributed by atoms with van der Waals surface area (Å²) < 4.78 is 13.1. The Labute approximate surface area is 195 Å². The average Bonchev–Trinajstić information content (AvgIpc) is 3.36. The molecule has 2 aliphatic rings. The van der Waals surface area contributed by atoms with Crippen LogP contribution in [0, 0.1) is 11.7 Å². The molecular weight excluding hydrogens is 419 g/mol. The van der Waals surface area contributed by atoms with Crippen LogP contribution in [0.4, 0.5) is 14.9 Å². The molecule has 0 bridgehead atoms. The lowest BCUT2D eigenvalue weighted by atomic mass is 9.94. The maximum absolute atomic E-state index is 13.6. The Morgan fingerprint density at radius 3 is 2.27 bits per heavy atom. The van der Waals surface area contributed by atoms with Crippen molar-refractivity contribution in [3.05, 3.63) is 66.0 Å². The van der Waals surface area contributed by atoms with Crippen LogP contribution >= 0.6 is 0 Å². The van der Waals surface area contributed by atoms with Gasteiger partial charge in [0.05, 0.1) is 6.04 Å². The van der Waals surface area contributed by atoms with Gasteiger partial charge in [0.2, 0.25) is 5.91 Å². The van der Waals surface area contributed by atoms with Gasteiger partial charge in [-0.25, -0.2) is 9.18 Å². The predicted octanol–water partition coefficient (Wildman–Crippen LogP) is 4.19. The standard InChI is InChI=1S/C26H33FN4O2/c1-29(19-20-7-3-2-4-8-20)25(32)24(21-9-5-6-10-21)30-15-17-31(18-16-30)26(33)28-23-13-11-22(27)12-14-23/h2-4,7-8,11-14,21,24H,5-6,9-10,15-19H2,1H3,(H,28,33). The zero-order chi connectivity index (χ0) is 23.2. The zero-order valence-electron chi connectivity index (χ0n) is 19.3. The fourth-order valence-corrected chi connectivity index (χ4v) is 5.03. The molecule has 1 unspecified atom stereocenters. The van der Waals surface area contributed by atoms with Gasteiger partial charge in [-0.3, -0.25) is 9.69 Å². The van der Waals surface area contributed by atoms with E-state index in [1.807, 2.05) is 42.3 Å². The van der Waals surface area contributed by atoms with Gasteiger partial charge < -0.3 is 15.1 Å². The highest BCUT2D eigenvalue weighted by Gasteiger charge is 2.38. The van der Waals surface area contributed by atoms with E-state index in [1.54, 1.807) is 17.0 Å². The second-order valence-electron chi connectivity index (χ2n) is 9.13. The van der Waals surface area contributed by atoms with Gasteiger partial charge in [0.1, 0.15) is 5.82 Å². The smallest absolute Gasteiger partial charge is 0.321 e. The Balaban J connectivity index is 1.37. The fraction of sp³-hybridized carbons (Fsp3) is 0.462. The van der Waals surface area contributed by atoms with Crippen molar-refractivity contribution in [2.75, 3.05) is 38.5 Å². The molecular formula is C26H33FN4O2. The topological polar surface area (TPSA) is 55.9 Å². The number of nitrogens with zero attached hydrogens (tertiary/aromatic N) is 3. The van der Waals surface area contributed by atoms with Crippen molar-refractivity contribution in [2.24, 2.45) is 5.92 Å². The second-order valence-corrected chi connectivity index (χ2v) is 9.13. The molecule has 6 nitrogen and oxygen atoms in total. The van der Waals surface area contributed by atoms with Gasteiger partial charge in [-0.15, -0.1) is 0 Å². The van der Waals surface area contributed by atoms with Crippen molar-refractivity contribution in [1.29, 1.82) is 0 Å². The predicted molar refractivity (Wildman–Crippen MR) is 127 cm³/mol. The quantitative estimate of drug-likeness (QED) is 0.715. The summed E-state index contributed by atoms with van der Waals surface area (Å²) in [6.45, 7) is 3.06. The molecule has 2 aromatic rings. The first-order valence-corrected chi connectivity index (χ1v) is 11.9. The number of urea groups is 1. The number of rotatable bonds is 6. The third kappa shape index (κ3) is 5.90. The lowest BCUT2D eigenvalue weighted by Crippen LogP contribution is -2.58. The van der Waals surface area contributed by atoms with E-state index in [9.17, 15) is 14.0 Å². The van der Waals surface area contributed by atoms with Crippen molar-refractivity contribution >= 4 is 17.6 Å². The van der Waals surface area contributed by atoms with Gasteiger partial charge in [-0.1, -0.05) is 43.2 Å². The maximum Gasteiger partial charge on any atom is 0.321 e. The van der Waals surface area contributed by atoms with Crippen molar-refractivity contribution in [3.63, 3.8) is 0 Å².